The van der Waals surface area contributed by atoms with Gasteiger partial charge in [-0.2, -0.15) is 0 Å². The standard InChI is InChI=1S/C14H21N3O4/c1-8-15-6-10(12(19)16-8)11-5-9(18)7-17(11)13(20)21-14(2,3)4/h6,9,11,18H,5,7H2,1-4H3,(H,15,16,19)/t9-,11?/m1/s1. The molecule has 0 bridgehead atoms. The van der Waals surface area contributed by atoms with Crippen LogP contribution in [0.15, 0.2) is 11.0 Å². The SMILES string of the molecule is Cc1ncc(C2C[C@@H](O)CN2C(=O)OC(C)(C)C)c(=O)[nH]1. The van der Waals surface area contributed by atoms with Gasteiger partial charge in [-0.25, -0.2) is 9.78 Å². The van der Waals surface area contributed by atoms with Crippen LogP contribution in [0.1, 0.15) is 44.6 Å². The Morgan fingerprint density at radius 2 is 2.19 bits per heavy atom. The molecule has 7 nitrogen and oxygen atoms in total. The van der Waals surface area contributed by atoms with E-state index in [0.29, 0.717) is 17.8 Å². The average Bonchev–Trinajstić information content (AvgIpc) is 2.69. The van der Waals surface area contributed by atoms with Gasteiger partial charge in [0.05, 0.1) is 24.3 Å². The molecule has 0 radical (unpaired) electrons. The fourth-order valence-electron chi connectivity index (χ4n) is 2.36. The zero-order chi connectivity index (χ0) is 15.8. The van der Waals surface area contributed by atoms with Crippen molar-refractivity contribution in [2.75, 3.05) is 6.54 Å². The largest absolute Gasteiger partial charge is 0.444 e. The highest BCUT2D eigenvalue weighted by atomic mass is 16.6. The van der Waals surface area contributed by atoms with Crippen molar-refractivity contribution < 1.29 is 14.6 Å². The first-order valence-electron chi connectivity index (χ1n) is 6.91. The lowest BCUT2D eigenvalue weighted by atomic mass is 10.1. The number of aliphatic hydroxyl groups excluding tert-OH is 1. The molecular formula is C14H21N3O4. The maximum atomic E-state index is 12.2. The van der Waals surface area contributed by atoms with Gasteiger partial charge in [0, 0.05) is 12.6 Å². The molecule has 1 aliphatic rings. The van der Waals surface area contributed by atoms with E-state index in [4.69, 9.17) is 4.74 Å². The number of rotatable bonds is 1. The Morgan fingerprint density at radius 1 is 1.52 bits per heavy atom. The number of hydrogen-bond donors (Lipinski definition) is 2. The number of likely N-dealkylation sites (tertiary alicyclic amines) is 1. The van der Waals surface area contributed by atoms with Crippen molar-refractivity contribution >= 4 is 6.09 Å². The molecule has 1 unspecified atom stereocenters. The number of hydrogen-bond acceptors (Lipinski definition) is 5. The van der Waals surface area contributed by atoms with Crippen LogP contribution in [0.3, 0.4) is 0 Å². The topological polar surface area (TPSA) is 95.5 Å². The second kappa shape index (κ2) is 5.48. The van der Waals surface area contributed by atoms with Gasteiger partial charge in [-0.3, -0.25) is 9.69 Å². The van der Waals surface area contributed by atoms with Crippen molar-refractivity contribution in [2.45, 2.75) is 51.9 Å². The van der Waals surface area contributed by atoms with Crippen LogP contribution in [0.4, 0.5) is 4.79 Å². The zero-order valence-electron chi connectivity index (χ0n) is 12.7. The number of nitrogens with one attached hydrogen (secondary N) is 1. The Morgan fingerprint density at radius 3 is 2.76 bits per heavy atom. The number of β-amino-alcohol motifs (C(OH)–C–C–N with tert-alkyl or cyclic N) is 1. The number of H-pyrrole nitrogens is 1. The van der Waals surface area contributed by atoms with Gasteiger partial charge in [-0.1, -0.05) is 0 Å². The summed E-state index contributed by atoms with van der Waals surface area (Å²) in [7, 11) is 0. The second-order valence-corrected chi connectivity index (χ2v) is 6.29. The van der Waals surface area contributed by atoms with E-state index >= 15 is 0 Å². The van der Waals surface area contributed by atoms with E-state index in [0.717, 1.165) is 0 Å². The molecular weight excluding hydrogens is 274 g/mol. The van der Waals surface area contributed by atoms with E-state index in [9.17, 15) is 14.7 Å². The number of ether oxygens (including phenoxy) is 1. The number of carbonyl (C=O) groups is 1. The van der Waals surface area contributed by atoms with Gasteiger partial charge in [0.15, 0.2) is 0 Å². The molecule has 1 aromatic rings. The summed E-state index contributed by atoms with van der Waals surface area (Å²) in [5, 5.41) is 9.84. The molecule has 1 aromatic heterocycles. The molecule has 0 aliphatic carbocycles. The Hall–Kier alpha value is -1.89. The fourth-order valence-corrected chi connectivity index (χ4v) is 2.36. The van der Waals surface area contributed by atoms with Crippen molar-refractivity contribution in [3.8, 4) is 0 Å². The van der Waals surface area contributed by atoms with Gasteiger partial charge in [-0.05, 0) is 27.7 Å². The summed E-state index contributed by atoms with van der Waals surface area (Å²) in [4.78, 5) is 32.3. The van der Waals surface area contributed by atoms with Crippen LogP contribution in [0.5, 0.6) is 0 Å². The second-order valence-electron chi connectivity index (χ2n) is 6.29. The molecule has 2 N–H and O–H groups in total. The molecule has 116 valence electrons. The minimum Gasteiger partial charge on any atom is -0.444 e. The van der Waals surface area contributed by atoms with E-state index < -0.39 is 23.8 Å². The smallest absolute Gasteiger partial charge is 0.410 e. The highest BCUT2D eigenvalue weighted by molar-refractivity contribution is 5.69. The fraction of sp³-hybridized carbons (Fsp3) is 0.643. The molecule has 2 heterocycles. The van der Waals surface area contributed by atoms with Crippen LogP contribution >= 0.6 is 0 Å². The van der Waals surface area contributed by atoms with E-state index in [2.05, 4.69) is 9.97 Å². The first kappa shape index (κ1) is 15.5. The summed E-state index contributed by atoms with van der Waals surface area (Å²) in [5.74, 6) is 0.506. The highest BCUT2D eigenvalue weighted by Crippen LogP contribution is 2.31. The van der Waals surface area contributed by atoms with Crippen molar-refractivity contribution in [2.24, 2.45) is 0 Å². The van der Waals surface area contributed by atoms with Crippen LogP contribution in [0, 0.1) is 6.92 Å². The van der Waals surface area contributed by atoms with Crippen molar-refractivity contribution in [3.05, 3.63) is 27.9 Å². The van der Waals surface area contributed by atoms with E-state index in [1.54, 1.807) is 27.7 Å². The summed E-state index contributed by atoms with van der Waals surface area (Å²) in [6.07, 6.45) is 0.536. The van der Waals surface area contributed by atoms with E-state index in [1.165, 1.54) is 11.1 Å². The third kappa shape index (κ3) is 3.60. The number of aromatic nitrogens is 2. The number of aliphatic hydroxyl groups is 1. The Kier molecular flexibility index (Phi) is 4.04. The molecule has 0 aromatic carbocycles. The van der Waals surface area contributed by atoms with Gasteiger partial charge in [0.25, 0.3) is 5.56 Å². The van der Waals surface area contributed by atoms with Crippen LogP contribution < -0.4 is 5.56 Å². The maximum absolute atomic E-state index is 12.2. The molecule has 1 fully saturated rings. The Bertz CT molecular complexity index is 591. The first-order chi connectivity index (χ1) is 9.67. The van der Waals surface area contributed by atoms with Gasteiger partial charge in [0.1, 0.15) is 11.4 Å². The predicted molar refractivity (Wildman–Crippen MR) is 75.9 cm³/mol. The van der Waals surface area contributed by atoms with Crippen LogP contribution in [-0.2, 0) is 4.74 Å². The highest BCUT2D eigenvalue weighted by Gasteiger charge is 2.39. The minimum absolute atomic E-state index is 0.146. The normalized spacial score (nSPS) is 22.4. The summed E-state index contributed by atoms with van der Waals surface area (Å²) in [6, 6.07) is -0.522. The van der Waals surface area contributed by atoms with E-state index in [1.807, 2.05) is 0 Å². The molecule has 21 heavy (non-hydrogen) atoms. The Balaban J connectivity index is 2.28. The molecule has 2 atom stereocenters. The molecule has 1 aliphatic heterocycles. The summed E-state index contributed by atoms with van der Waals surface area (Å²) >= 11 is 0. The number of amides is 1. The van der Waals surface area contributed by atoms with Crippen molar-refractivity contribution in [3.63, 3.8) is 0 Å². The summed E-state index contributed by atoms with van der Waals surface area (Å²) in [5.41, 5.74) is -0.564. The summed E-state index contributed by atoms with van der Waals surface area (Å²) in [6.45, 7) is 7.14. The third-order valence-corrected chi connectivity index (χ3v) is 3.22. The lowest BCUT2D eigenvalue weighted by molar-refractivity contribution is 0.0205. The van der Waals surface area contributed by atoms with Gasteiger partial charge >= 0.3 is 6.09 Å². The lowest BCUT2D eigenvalue weighted by Gasteiger charge is -2.28. The molecule has 1 amide bonds. The third-order valence-electron chi connectivity index (χ3n) is 3.22. The zero-order valence-corrected chi connectivity index (χ0v) is 12.7. The monoisotopic (exact) mass is 295 g/mol. The first-order valence-corrected chi connectivity index (χ1v) is 6.91. The van der Waals surface area contributed by atoms with Crippen LogP contribution in [0.25, 0.3) is 0 Å². The molecule has 0 saturated carbocycles. The maximum Gasteiger partial charge on any atom is 0.410 e. The molecule has 2 rings (SSSR count). The number of aryl methyl sites for hydroxylation is 1. The van der Waals surface area contributed by atoms with Crippen molar-refractivity contribution in [1.82, 2.24) is 14.9 Å². The van der Waals surface area contributed by atoms with Crippen LogP contribution in [-0.4, -0.2) is 44.3 Å². The van der Waals surface area contributed by atoms with Gasteiger partial charge in [-0.15, -0.1) is 0 Å². The van der Waals surface area contributed by atoms with Gasteiger partial charge in [0.2, 0.25) is 0 Å². The summed E-state index contributed by atoms with van der Waals surface area (Å²) < 4.78 is 5.33. The number of aromatic amines is 1. The molecule has 1 saturated heterocycles. The quantitative estimate of drug-likeness (QED) is 0.809. The molecule has 0 spiro atoms. The van der Waals surface area contributed by atoms with Gasteiger partial charge < -0.3 is 14.8 Å². The predicted octanol–water partition coefficient (Wildman–Crippen LogP) is 1.12. The minimum atomic E-state index is -0.678. The van der Waals surface area contributed by atoms with Crippen molar-refractivity contribution in [1.29, 1.82) is 0 Å². The number of nitrogens with zero attached hydrogens (tertiary/aromatic N) is 2. The average molecular weight is 295 g/mol. The number of carbonyl (C=O) groups excluding carboxylic acids is 1. The lowest BCUT2D eigenvalue weighted by Crippen LogP contribution is -2.38. The Labute approximate surface area is 123 Å². The van der Waals surface area contributed by atoms with E-state index in [-0.39, 0.29) is 12.1 Å². The van der Waals surface area contributed by atoms with Crippen LogP contribution in [0.2, 0.25) is 0 Å². The molecule has 7 heteroatoms.